The third kappa shape index (κ3) is 2.83. The van der Waals surface area contributed by atoms with Crippen LogP contribution in [0.5, 0.6) is 0 Å². The number of carbonyl (C=O) groups excluding carboxylic acids is 1. The third-order valence-corrected chi connectivity index (χ3v) is 3.79. The number of aromatic nitrogens is 1. The molecule has 0 saturated carbocycles. The maximum absolute atomic E-state index is 12.0. The standard InChI is InChI=1S/C12H7BrCl2N2O/c13-8-4-1-3-7(10(8)15)12(18)17-11-9(14)5-2-6-16-11/h1-6H,(H,16,17,18). The summed E-state index contributed by atoms with van der Waals surface area (Å²) in [5.41, 5.74) is 0.354. The molecule has 2 aromatic rings. The van der Waals surface area contributed by atoms with Crippen molar-refractivity contribution in [2.24, 2.45) is 0 Å². The van der Waals surface area contributed by atoms with Crippen molar-refractivity contribution >= 4 is 50.9 Å². The van der Waals surface area contributed by atoms with Crippen molar-refractivity contribution < 1.29 is 4.79 Å². The molecule has 0 saturated heterocycles. The van der Waals surface area contributed by atoms with E-state index >= 15 is 0 Å². The largest absolute Gasteiger partial charge is 0.305 e. The predicted molar refractivity (Wildman–Crippen MR) is 76.4 cm³/mol. The molecule has 1 aromatic carbocycles. The average molecular weight is 346 g/mol. The number of halogens is 3. The van der Waals surface area contributed by atoms with Crippen LogP contribution in [-0.2, 0) is 0 Å². The zero-order chi connectivity index (χ0) is 13.1. The molecule has 0 fully saturated rings. The molecule has 18 heavy (non-hydrogen) atoms. The monoisotopic (exact) mass is 344 g/mol. The highest BCUT2D eigenvalue weighted by atomic mass is 79.9. The van der Waals surface area contributed by atoms with Crippen LogP contribution >= 0.6 is 39.1 Å². The van der Waals surface area contributed by atoms with Crippen molar-refractivity contribution in [2.75, 3.05) is 5.32 Å². The Bertz CT molecular complexity index is 604. The molecular weight excluding hydrogens is 339 g/mol. The Morgan fingerprint density at radius 1 is 1.22 bits per heavy atom. The lowest BCUT2D eigenvalue weighted by atomic mass is 10.2. The van der Waals surface area contributed by atoms with Gasteiger partial charge in [-0.15, -0.1) is 0 Å². The Labute approximate surface area is 122 Å². The van der Waals surface area contributed by atoms with E-state index in [1.54, 1.807) is 36.5 Å². The molecule has 0 bridgehead atoms. The molecule has 1 N–H and O–H groups in total. The average Bonchev–Trinajstić information content (AvgIpc) is 2.35. The van der Waals surface area contributed by atoms with Gasteiger partial charge in [-0.1, -0.05) is 29.3 Å². The van der Waals surface area contributed by atoms with Gasteiger partial charge in [0.15, 0.2) is 5.82 Å². The molecule has 3 nitrogen and oxygen atoms in total. The topological polar surface area (TPSA) is 42.0 Å². The molecule has 2 rings (SSSR count). The molecule has 0 aliphatic heterocycles. The first-order valence-electron chi connectivity index (χ1n) is 4.95. The Balaban J connectivity index is 2.28. The number of nitrogens with one attached hydrogen (secondary N) is 1. The third-order valence-electron chi connectivity index (χ3n) is 2.19. The summed E-state index contributed by atoms with van der Waals surface area (Å²) in [6.07, 6.45) is 1.55. The lowest BCUT2D eigenvalue weighted by Crippen LogP contribution is -2.13. The molecule has 0 unspecified atom stereocenters. The van der Waals surface area contributed by atoms with Gasteiger partial charge in [0.25, 0.3) is 5.91 Å². The van der Waals surface area contributed by atoms with E-state index in [9.17, 15) is 4.79 Å². The molecule has 1 aromatic heterocycles. The van der Waals surface area contributed by atoms with Gasteiger partial charge >= 0.3 is 0 Å². The fraction of sp³-hybridized carbons (Fsp3) is 0. The fourth-order valence-electron chi connectivity index (χ4n) is 1.33. The van der Waals surface area contributed by atoms with Crippen LogP contribution in [0.3, 0.4) is 0 Å². The van der Waals surface area contributed by atoms with E-state index in [0.717, 1.165) is 0 Å². The Morgan fingerprint density at radius 2 is 2.00 bits per heavy atom. The van der Waals surface area contributed by atoms with Gasteiger partial charge in [-0.2, -0.15) is 0 Å². The zero-order valence-electron chi connectivity index (χ0n) is 8.95. The molecule has 0 atom stereocenters. The molecule has 6 heteroatoms. The highest BCUT2D eigenvalue weighted by molar-refractivity contribution is 9.10. The second-order valence-electron chi connectivity index (χ2n) is 3.39. The van der Waals surface area contributed by atoms with E-state index in [1.807, 2.05) is 0 Å². The second-order valence-corrected chi connectivity index (χ2v) is 5.03. The van der Waals surface area contributed by atoms with E-state index in [4.69, 9.17) is 23.2 Å². The molecule has 1 amide bonds. The fourth-order valence-corrected chi connectivity index (χ4v) is 2.08. The van der Waals surface area contributed by atoms with Crippen LogP contribution in [0.1, 0.15) is 10.4 Å². The van der Waals surface area contributed by atoms with Crippen LogP contribution in [0.25, 0.3) is 0 Å². The summed E-state index contributed by atoms with van der Waals surface area (Å²) in [6.45, 7) is 0. The van der Waals surface area contributed by atoms with Crippen LogP contribution in [0.4, 0.5) is 5.82 Å². The number of anilines is 1. The number of rotatable bonds is 2. The number of benzene rings is 1. The van der Waals surface area contributed by atoms with Gasteiger partial charge in [0.1, 0.15) is 0 Å². The number of hydrogen-bond donors (Lipinski definition) is 1. The van der Waals surface area contributed by atoms with Crippen LogP contribution in [0, 0.1) is 0 Å². The minimum Gasteiger partial charge on any atom is -0.305 e. The van der Waals surface area contributed by atoms with Crippen molar-refractivity contribution in [3.63, 3.8) is 0 Å². The minimum absolute atomic E-state index is 0.306. The SMILES string of the molecule is O=C(Nc1ncccc1Cl)c1cccc(Br)c1Cl. The molecule has 0 radical (unpaired) electrons. The predicted octanol–water partition coefficient (Wildman–Crippen LogP) is 4.40. The van der Waals surface area contributed by atoms with Crippen molar-refractivity contribution in [2.45, 2.75) is 0 Å². The lowest BCUT2D eigenvalue weighted by molar-refractivity contribution is 0.102. The lowest BCUT2D eigenvalue weighted by Gasteiger charge is -2.07. The summed E-state index contributed by atoms with van der Waals surface area (Å²) in [5, 5.41) is 3.33. The van der Waals surface area contributed by atoms with Gasteiger partial charge in [-0.05, 0) is 40.2 Å². The number of nitrogens with zero attached hydrogens (tertiary/aromatic N) is 1. The van der Waals surface area contributed by atoms with Gasteiger partial charge < -0.3 is 5.32 Å². The number of amides is 1. The summed E-state index contributed by atoms with van der Waals surface area (Å²) < 4.78 is 0.656. The molecular formula is C12H7BrCl2N2O. The van der Waals surface area contributed by atoms with Crippen molar-refractivity contribution in [1.82, 2.24) is 4.98 Å². The first-order chi connectivity index (χ1) is 8.59. The highest BCUT2D eigenvalue weighted by Gasteiger charge is 2.14. The molecule has 1 heterocycles. The Morgan fingerprint density at radius 3 is 2.72 bits per heavy atom. The Hall–Kier alpha value is -1.10. The van der Waals surface area contributed by atoms with Gasteiger partial charge in [-0.3, -0.25) is 4.79 Å². The van der Waals surface area contributed by atoms with Crippen molar-refractivity contribution in [3.05, 3.63) is 56.6 Å². The van der Waals surface area contributed by atoms with Crippen molar-refractivity contribution in [1.29, 1.82) is 0 Å². The summed E-state index contributed by atoms with van der Waals surface area (Å²) in [7, 11) is 0. The number of hydrogen-bond acceptors (Lipinski definition) is 2. The van der Waals surface area contributed by atoms with E-state index < -0.39 is 0 Å². The molecule has 0 spiro atoms. The summed E-state index contributed by atoms with van der Waals surface area (Å²) in [6, 6.07) is 8.44. The number of pyridine rings is 1. The van der Waals surface area contributed by atoms with Crippen molar-refractivity contribution in [3.8, 4) is 0 Å². The van der Waals surface area contributed by atoms with E-state index in [0.29, 0.717) is 25.9 Å². The maximum atomic E-state index is 12.0. The second kappa shape index (κ2) is 5.69. The number of carbonyl (C=O) groups is 1. The summed E-state index contributed by atoms with van der Waals surface area (Å²) >= 11 is 15.2. The first kappa shape index (κ1) is 13.3. The van der Waals surface area contributed by atoms with Crippen LogP contribution < -0.4 is 5.32 Å². The van der Waals surface area contributed by atoms with Gasteiger partial charge in [0.05, 0.1) is 15.6 Å². The van der Waals surface area contributed by atoms with Gasteiger partial charge in [0.2, 0.25) is 0 Å². The first-order valence-corrected chi connectivity index (χ1v) is 6.50. The van der Waals surface area contributed by atoms with E-state index in [2.05, 4.69) is 26.2 Å². The molecule has 92 valence electrons. The van der Waals surface area contributed by atoms with Crippen LogP contribution in [0.15, 0.2) is 41.0 Å². The zero-order valence-corrected chi connectivity index (χ0v) is 12.1. The van der Waals surface area contributed by atoms with E-state index in [1.165, 1.54) is 0 Å². The van der Waals surface area contributed by atoms with Crippen LogP contribution in [0.2, 0.25) is 10.0 Å². The Kier molecular flexibility index (Phi) is 4.22. The normalized spacial score (nSPS) is 10.2. The maximum Gasteiger partial charge on any atom is 0.258 e. The molecule has 0 aliphatic rings. The smallest absolute Gasteiger partial charge is 0.258 e. The highest BCUT2D eigenvalue weighted by Crippen LogP contribution is 2.27. The van der Waals surface area contributed by atoms with Gasteiger partial charge in [-0.25, -0.2) is 4.98 Å². The quantitative estimate of drug-likeness (QED) is 0.876. The molecule has 0 aliphatic carbocycles. The van der Waals surface area contributed by atoms with Crippen LogP contribution in [-0.4, -0.2) is 10.9 Å². The van der Waals surface area contributed by atoms with E-state index in [-0.39, 0.29) is 5.91 Å². The van der Waals surface area contributed by atoms with Gasteiger partial charge in [0, 0.05) is 10.7 Å². The summed E-state index contributed by atoms with van der Waals surface area (Å²) in [4.78, 5) is 16.0. The summed E-state index contributed by atoms with van der Waals surface area (Å²) in [5.74, 6) is -0.0536. The minimum atomic E-state index is -0.359.